The third kappa shape index (κ3) is 5.14. The molecule has 7 nitrogen and oxygen atoms in total. The third-order valence-electron chi connectivity index (χ3n) is 5.61. The van der Waals surface area contributed by atoms with Gasteiger partial charge in [-0.05, 0) is 49.2 Å². The van der Waals surface area contributed by atoms with Gasteiger partial charge < -0.3 is 0 Å². The van der Waals surface area contributed by atoms with Crippen LogP contribution in [-0.4, -0.2) is 31.3 Å². The lowest BCUT2D eigenvalue weighted by atomic mass is 10.0. The molecular formula is C24H25N3O4S2. The van der Waals surface area contributed by atoms with Crippen LogP contribution >= 0.6 is 11.3 Å². The molecule has 3 aromatic rings. The van der Waals surface area contributed by atoms with Crippen molar-refractivity contribution in [2.24, 2.45) is 0 Å². The number of rotatable bonds is 9. The Morgan fingerprint density at radius 2 is 1.76 bits per heavy atom. The zero-order chi connectivity index (χ0) is 24.2. The zero-order valence-electron chi connectivity index (χ0n) is 18.7. The lowest BCUT2D eigenvalue weighted by molar-refractivity contribution is -0.385. The number of sulfone groups is 1. The number of hydrogen-bond acceptors (Lipinski definition) is 7. The van der Waals surface area contributed by atoms with Gasteiger partial charge in [0, 0.05) is 18.2 Å². The molecule has 1 heterocycles. The van der Waals surface area contributed by atoms with Crippen LogP contribution in [0.1, 0.15) is 46.2 Å². The second kappa shape index (κ2) is 10.3. The van der Waals surface area contributed by atoms with Crippen molar-refractivity contribution in [3.8, 4) is 6.07 Å². The highest BCUT2D eigenvalue weighted by Gasteiger charge is 2.37. The van der Waals surface area contributed by atoms with Crippen molar-refractivity contribution in [1.29, 1.82) is 5.26 Å². The van der Waals surface area contributed by atoms with E-state index in [2.05, 4.69) is 4.90 Å². The summed E-state index contributed by atoms with van der Waals surface area (Å²) in [6, 6.07) is 14.7. The third-order valence-corrected chi connectivity index (χ3v) is 8.51. The minimum Gasteiger partial charge on any atom is -0.300 e. The van der Waals surface area contributed by atoms with Crippen LogP contribution < -0.4 is 0 Å². The lowest BCUT2D eigenvalue weighted by Crippen LogP contribution is -2.22. The fraction of sp³-hybridized carbons (Fsp3) is 0.292. The van der Waals surface area contributed by atoms with Gasteiger partial charge in [-0.25, -0.2) is 8.42 Å². The molecular weight excluding hydrogens is 458 g/mol. The van der Waals surface area contributed by atoms with E-state index < -0.39 is 20.0 Å². The van der Waals surface area contributed by atoms with E-state index in [1.165, 1.54) is 24.3 Å². The van der Waals surface area contributed by atoms with Crippen LogP contribution in [0.4, 0.5) is 5.69 Å². The Labute approximate surface area is 198 Å². The first-order valence-electron chi connectivity index (χ1n) is 10.5. The molecule has 2 aromatic carbocycles. The predicted octanol–water partition coefficient (Wildman–Crippen LogP) is 5.24. The van der Waals surface area contributed by atoms with Gasteiger partial charge in [0.2, 0.25) is 0 Å². The molecule has 0 fully saturated rings. The Bertz CT molecular complexity index is 1290. The summed E-state index contributed by atoms with van der Waals surface area (Å²) in [7, 11) is -4.09. The van der Waals surface area contributed by atoms with Crippen LogP contribution in [0.15, 0.2) is 58.8 Å². The fourth-order valence-electron chi connectivity index (χ4n) is 3.76. The Kier molecular flexibility index (Phi) is 7.64. The van der Waals surface area contributed by atoms with Crippen molar-refractivity contribution >= 4 is 26.9 Å². The zero-order valence-corrected chi connectivity index (χ0v) is 20.3. The maximum Gasteiger partial charge on any atom is 0.274 e. The van der Waals surface area contributed by atoms with Crippen molar-refractivity contribution < 1.29 is 13.3 Å². The quantitative estimate of drug-likeness (QED) is 0.304. The molecule has 0 saturated carbocycles. The number of nitrogens with zero attached hydrogens (tertiary/aromatic N) is 3. The average Bonchev–Trinajstić information content (AvgIpc) is 3.26. The Morgan fingerprint density at radius 3 is 2.33 bits per heavy atom. The summed E-state index contributed by atoms with van der Waals surface area (Å²) in [6.07, 6.45) is 0. The Balaban J connectivity index is 2.24. The molecule has 1 atom stereocenters. The molecule has 9 heteroatoms. The second-order valence-corrected chi connectivity index (χ2v) is 10.6. The van der Waals surface area contributed by atoms with Crippen molar-refractivity contribution in [2.75, 3.05) is 13.1 Å². The molecule has 3 rings (SSSR count). The van der Waals surface area contributed by atoms with E-state index in [0.29, 0.717) is 6.54 Å². The van der Waals surface area contributed by atoms with E-state index in [0.717, 1.165) is 35.6 Å². The molecule has 0 saturated heterocycles. The number of nitro benzene ring substituents is 1. The van der Waals surface area contributed by atoms with Gasteiger partial charge in [0.05, 0.1) is 15.4 Å². The van der Waals surface area contributed by atoms with Gasteiger partial charge in [0.25, 0.3) is 5.69 Å². The number of aryl methyl sites for hydroxylation is 1. The lowest BCUT2D eigenvalue weighted by Gasteiger charge is -2.21. The summed E-state index contributed by atoms with van der Waals surface area (Å²) in [5, 5.41) is 21.9. The second-order valence-electron chi connectivity index (χ2n) is 7.67. The SMILES string of the molecule is CCN(CC)Cc1ccc(C(c2ccsc2C#N)S(=O)(=O)c2ccc(C)cc2)c([N+](=O)[O-])c1. The maximum absolute atomic E-state index is 13.8. The highest BCUT2D eigenvalue weighted by molar-refractivity contribution is 7.92. The summed E-state index contributed by atoms with van der Waals surface area (Å²) in [6.45, 7) is 7.96. The van der Waals surface area contributed by atoms with Crippen LogP contribution in [0.2, 0.25) is 0 Å². The van der Waals surface area contributed by atoms with Crippen LogP contribution in [0, 0.1) is 28.4 Å². The van der Waals surface area contributed by atoms with E-state index in [-0.39, 0.29) is 26.6 Å². The number of benzene rings is 2. The van der Waals surface area contributed by atoms with Crippen LogP contribution in [0.25, 0.3) is 0 Å². The number of hydrogen-bond donors (Lipinski definition) is 0. The van der Waals surface area contributed by atoms with Crippen molar-refractivity contribution in [2.45, 2.75) is 37.5 Å². The van der Waals surface area contributed by atoms with Gasteiger partial charge in [-0.3, -0.25) is 15.0 Å². The van der Waals surface area contributed by atoms with Gasteiger partial charge in [0.1, 0.15) is 16.2 Å². The van der Waals surface area contributed by atoms with Crippen molar-refractivity contribution in [1.82, 2.24) is 4.90 Å². The molecule has 0 aliphatic rings. The van der Waals surface area contributed by atoms with Crippen LogP contribution in [-0.2, 0) is 16.4 Å². The molecule has 172 valence electrons. The summed E-state index contributed by atoms with van der Waals surface area (Å²) in [4.78, 5) is 13.9. The first-order valence-corrected chi connectivity index (χ1v) is 12.9. The first kappa shape index (κ1) is 24.6. The minimum absolute atomic E-state index is 0.0507. The summed E-state index contributed by atoms with van der Waals surface area (Å²) < 4.78 is 27.6. The monoisotopic (exact) mass is 483 g/mol. The topological polar surface area (TPSA) is 104 Å². The standard InChI is InChI=1S/C24H25N3O4S2/c1-4-26(5-2)16-18-8-11-20(22(14-18)27(28)29)24(21-12-13-32-23(21)15-25)33(30,31)19-9-6-17(3)7-10-19/h6-14,24H,4-5,16H2,1-3H3. The highest BCUT2D eigenvalue weighted by atomic mass is 32.2. The van der Waals surface area contributed by atoms with Crippen molar-refractivity contribution in [3.05, 3.63) is 91.2 Å². The van der Waals surface area contributed by atoms with Crippen LogP contribution in [0.3, 0.4) is 0 Å². The summed E-state index contributed by atoms with van der Waals surface area (Å²) >= 11 is 1.12. The molecule has 1 unspecified atom stereocenters. The molecule has 0 N–H and O–H groups in total. The minimum atomic E-state index is -4.09. The van der Waals surface area contributed by atoms with Gasteiger partial charge in [-0.1, -0.05) is 43.7 Å². The summed E-state index contributed by atoms with van der Waals surface area (Å²) in [5.41, 5.74) is 1.66. The number of nitro groups is 1. The van der Waals surface area contributed by atoms with Gasteiger partial charge in [0.15, 0.2) is 9.84 Å². The molecule has 0 spiro atoms. The van der Waals surface area contributed by atoms with Crippen molar-refractivity contribution in [3.63, 3.8) is 0 Å². The van der Waals surface area contributed by atoms with Crippen LogP contribution in [0.5, 0.6) is 0 Å². The summed E-state index contributed by atoms with van der Waals surface area (Å²) in [5.74, 6) is 0. The van der Waals surface area contributed by atoms with Gasteiger partial charge in [-0.15, -0.1) is 11.3 Å². The van der Waals surface area contributed by atoms with Gasteiger partial charge in [-0.2, -0.15) is 5.26 Å². The average molecular weight is 484 g/mol. The molecule has 0 aliphatic carbocycles. The smallest absolute Gasteiger partial charge is 0.274 e. The van der Waals surface area contributed by atoms with E-state index in [9.17, 15) is 23.8 Å². The molecule has 0 radical (unpaired) electrons. The van der Waals surface area contributed by atoms with E-state index in [4.69, 9.17) is 0 Å². The molecule has 1 aromatic heterocycles. The number of nitriles is 1. The largest absolute Gasteiger partial charge is 0.300 e. The molecule has 33 heavy (non-hydrogen) atoms. The first-order chi connectivity index (χ1) is 15.7. The fourth-order valence-corrected chi connectivity index (χ4v) is 6.41. The Morgan fingerprint density at radius 1 is 1.09 bits per heavy atom. The molecule has 0 amide bonds. The Hall–Kier alpha value is -3.06. The normalized spacial score (nSPS) is 12.5. The molecule has 0 bridgehead atoms. The molecule has 0 aliphatic heterocycles. The van der Waals surface area contributed by atoms with Gasteiger partial charge >= 0.3 is 0 Å². The number of thiophene rings is 1. The predicted molar refractivity (Wildman–Crippen MR) is 129 cm³/mol. The maximum atomic E-state index is 13.8. The van der Waals surface area contributed by atoms with E-state index in [1.54, 1.807) is 29.6 Å². The van der Waals surface area contributed by atoms with E-state index >= 15 is 0 Å². The highest BCUT2D eigenvalue weighted by Crippen LogP contribution is 2.42. The van der Waals surface area contributed by atoms with E-state index in [1.807, 2.05) is 26.8 Å².